The second-order valence-corrected chi connectivity index (χ2v) is 3.69. The van der Waals surface area contributed by atoms with Crippen LogP contribution in [-0.4, -0.2) is 10.2 Å². The smallest absolute Gasteiger partial charge is 0.179 e. The number of aliphatic hydroxyl groups is 2. The van der Waals surface area contributed by atoms with E-state index in [4.69, 9.17) is 4.42 Å². The van der Waals surface area contributed by atoms with Crippen LogP contribution in [0.2, 0.25) is 0 Å². The fourth-order valence-corrected chi connectivity index (χ4v) is 2.02. The molecule has 0 unspecified atom stereocenters. The highest BCUT2D eigenvalue weighted by atomic mass is 16.5. The van der Waals surface area contributed by atoms with Gasteiger partial charge in [0.15, 0.2) is 6.29 Å². The molecule has 0 fully saturated rings. The van der Waals surface area contributed by atoms with Crippen LogP contribution in [0.25, 0.3) is 21.9 Å². The van der Waals surface area contributed by atoms with E-state index in [1.807, 2.05) is 30.3 Å². The average Bonchev–Trinajstić information content (AvgIpc) is 2.66. The molecule has 3 rings (SSSR count). The normalized spacial score (nSPS) is 11.7. The average molecular weight is 214 g/mol. The molecular formula is C13H10O3. The van der Waals surface area contributed by atoms with Crippen LogP contribution in [0.4, 0.5) is 0 Å². The Labute approximate surface area is 91.5 Å². The van der Waals surface area contributed by atoms with Gasteiger partial charge in [-0.25, -0.2) is 0 Å². The van der Waals surface area contributed by atoms with Crippen molar-refractivity contribution in [1.82, 2.24) is 0 Å². The van der Waals surface area contributed by atoms with E-state index in [1.165, 1.54) is 0 Å². The van der Waals surface area contributed by atoms with Crippen molar-refractivity contribution in [2.24, 2.45) is 0 Å². The molecule has 0 saturated carbocycles. The van der Waals surface area contributed by atoms with Crippen LogP contribution in [-0.2, 0) is 0 Å². The van der Waals surface area contributed by atoms with Gasteiger partial charge in [-0.05, 0) is 12.1 Å². The summed E-state index contributed by atoms with van der Waals surface area (Å²) >= 11 is 0. The first kappa shape index (κ1) is 9.39. The molecule has 0 amide bonds. The Morgan fingerprint density at radius 1 is 0.875 bits per heavy atom. The van der Waals surface area contributed by atoms with E-state index in [-0.39, 0.29) is 0 Å². The lowest BCUT2D eigenvalue weighted by molar-refractivity contribution is -0.0412. The summed E-state index contributed by atoms with van der Waals surface area (Å²) in [5, 5.41) is 20.3. The van der Waals surface area contributed by atoms with Gasteiger partial charge in [-0.15, -0.1) is 0 Å². The molecule has 0 aliphatic heterocycles. The highest BCUT2D eigenvalue weighted by molar-refractivity contribution is 6.06. The van der Waals surface area contributed by atoms with Crippen molar-refractivity contribution in [2.45, 2.75) is 6.29 Å². The summed E-state index contributed by atoms with van der Waals surface area (Å²) in [5.74, 6) is 0. The molecule has 3 aromatic rings. The molecule has 3 nitrogen and oxygen atoms in total. The van der Waals surface area contributed by atoms with Crippen LogP contribution in [0.15, 0.2) is 46.9 Å². The lowest BCUT2D eigenvalue weighted by atomic mass is 10.1. The zero-order valence-electron chi connectivity index (χ0n) is 8.42. The molecule has 0 aliphatic carbocycles. The fourth-order valence-electron chi connectivity index (χ4n) is 2.02. The highest BCUT2D eigenvalue weighted by Gasteiger charge is 2.13. The summed E-state index contributed by atoms with van der Waals surface area (Å²) in [6.45, 7) is 0. The largest absolute Gasteiger partial charge is 0.456 e. The third kappa shape index (κ3) is 1.23. The Kier molecular flexibility index (Phi) is 1.96. The monoisotopic (exact) mass is 214 g/mol. The predicted molar refractivity (Wildman–Crippen MR) is 60.9 cm³/mol. The summed E-state index contributed by atoms with van der Waals surface area (Å²) < 4.78 is 5.62. The molecule has 0 bridgehead atoms. The molecule has 3 heteroatoms. The zero-order chi connectivity index (χ0) is 11.1. The second kappa shape index (κ2) is 3.33. The van der Waals surface area contributed by atoms with Gasteiger partial charge in [-0.1, -0.05) is 30.3 Å². The fraction of sp³-hybridized carbons (Fsp3) is 0.0769. The van der Waals surface area contributed by atoms with Crippen LogP contribution in [0, 0.1) is 0 Å². The van der Waals surface area contributed by atoms with E-state index in [0.717, 1.165) is 16.4 Å². The molecule has 2 N–H and O–H groups in total. The molecule has 1 heterocycles. The number of furan rings is 1. The Bertz CT molecular complexity index is 652. The molecule has 0 radical (unpaired) electrons. The van der Waals surface area contributed by atoms with Crippen LogP contribution in [0.5, 0.6) is 0 Å². The van der Waals surface area contributed by atoms with E-state index in [9.17, 15) is 10.2 Å². The maximum Gasteiger partial charge on any atom is 0.179 e. The third-order valence-electron chi connectivity index (χ3n) is 2.71. The van der Waals surface area contributed by atoms with Crippen molar-refractivity contribution in [2.75, 3.05) is 0 Å². The van der Waals surface area contributed by atoms with Gasteiger partial charge in [0.05, 0.1) is 0 Å². The van der Waals surface area contributed by atoms with Crippen LogP contribution >= 0.6 is 0 Å². The molecule has 80 valence electrons. The molecule has 0 saturated heterocycles. The zero-order valence-corrected chi connectivity index (χ0v) is 8.42. The molecule has 0 atom stereocenters. The topological polar surface area (TPSA) is 53.6 Å². The number of aliphatic hydroxyl groups excluding tert-OH is 1. The predicted octanol–water partition coefficient (Wildman–Crippen LogP) is 2.57. The number of fused-ring (bicyclic) bond motifs is 3. The number of para-hydroxylation sites is 1. The summed E-state index contributed by atoms with van der Waals surface area (Å²) in [6.07, 6.45) is -1.48. The summed E-state index contributed by atoms with van der Waals surface area (Å²) in [7, 11) is 0. The molecule has 1 aromatic heterocycles. The lowest BCUT2D eigenvalue weighted by Crippen LogP contribution is -1.94. The third-order valence-corrected chi connectivity index (χ3v) is 2.71. The van der Waals surface area contributed by atoms with Gasteiger partial charge < -0.3 is 14.6 Å². The van der Waals surface area contributed by atoms with E-state index >= 15 is 0 Å². The van der Waals surface area contributed by atoms with Crippen molar-refractivity contribution in [3.8, 4) is 0 Å². The minimum Gasteiger partial charge on any atom is -0.456 e. The molecular weight excluding hydrogens is 204 g/mol. The SMILES string of the molecule is OC(O)c1cccc2oc3ccccc3c12. The molecule has 0 aliphatic rings. The van der Waals surface area contributed by atoms with Crippen molar-refractivity contribution in [1.29, 1.82) is 0 Å². The Morgan fingerprint density at radius 2 is 1.62 bits per heavy atom. The van der Waals surface area contributed by atoms with Crippen LogP contribution in [0.1, 0.15) is 11.9 Å². The minimum absolute atomic E-state index is 0.474. The van der Waals surface area contributed by atoms with Crippen LogP contribution < -0.4 is 0 Å². The lowest BCUT2D eigenvalue weighted by Gasteiger charge is -2.04. The Balaban J connectivity index is 2.53. The van der Waals surface area contributed by atoms with E-state index < -0.39 is 6.29 Å². The number of hydrogen-bond acceptors (Lipinski definition) is 3. The first-order valence-electron chi connectivity index (χ1n) is 5.03. The number of hydrogen-bond donors (Lipinski definition) is 2. The Hall–Kier alpha value is -1.84. The Morgan fingerprint density at radius 3 is 2.44 bits per heavy atom. The van der Waals surface area contributed by atoms with Crippen molar-refractivity contribution < 1.29 is 14.6 Å². The molecule has 2 aromatic carbocycles. The molecule has 0 spiro atoms. The number of benzene rings is 2. The number of rotatable bonds is 1. The maximum absolute atomic E-state index is 9.31. The van der Waals surface area contributed by atoms with Crippen LogP contribution in [0.3, 0.4) is 0 Å². The summed E-state index contributed by atoms with van der Waals surface area (Å²) in [6, 6.07) is 12.8. The van der Waals surface area contributed by atoms with E-state index in [2.05, 4.69) is 0 Å². The quantitative estimate of drug-likeness (QED) is 0.612. The molecule has 16 heavy (non-hydrogen) atoms. The van der Waals surface area contributed by atoms with Gasteiger partial charge >= 0.3 is 0 Å². The first-order valence-corrected chi connectivity index (χ1v) is 5.03. The highest BCUT2D eigenvalue weighted by Crippen LogP contribution is 2.33. The maximum atomic E-state index is 9.31. The van der Waals surface area contributed by atoms with Gasteiger partial charge in [-0.3, -0.25) is 0 Å². The summed E-state index contributed by atoms with van der Waals surface area (Å²) in [4.78, 5) is 0. The van der Waals surface area contributed by atoms with Gasteiger partial charge in [0, 0.05) is 16.3 Å². The first-order chi connectivity index (χ1) is 7.77. The van der Waals surface area contributed by atoms with Gasteiger partial charge in [0.1, 0.15) is 11.2 Å². The van der Waals surface area contributed by atoms with Gasteiger partial charge in [0.25, 0.3) is 0 Å². The van der Waals surface area contributed by atoms with Gasteiger partial charge in [0.2, 0.25) is 0 Å². The van der Waals surface area contributed by atoms with Crippen molar-refractivity contribution in [3.05, 3.63) is 48.0 Å². The van der Waals surface area contributed by atoms with Crippen molar-refractivity contribution in [3.63, 3.8) is 0 Å². The second-order valence-electron chi connectivity index (χ2n) is 3.69. The summed E-state index contributed by atoms with van der Waals surface area (Å²) in [5.41, 5.74) is 1.90. The van der Waals surface area contributed by atoms with E-state index in [0.29, 0.717) is 11.1 Å². The van der Waals surface area contributed by atoms with Gasteiger partial charge in [-0.2, -0.15) is 0 Å². The standard InChI is InChI=1S/C13H10O3/c14-13(15)9-5-3-7-11-12(9)8-4-1-2-6-10(8)16-11/h1-7,13-15H. The van der Waals surface area contributed by atoms with E-state index in [1.54, 1.807) is 12.1 Å². The minimum atomic E-state index is -1.48. The van der Waals surface area contributed by atoms with Crippen molar-refractivity contribution >= 4 is 21.9 Å².